The Kier molecular flexibility index (Phi) is 8.89. The van der Waals surface area contributed by atoms with Gasteiger partial charge in [-0.1, -0.05) is 106 Å². The molecule has 0 radical (unpaired) electrons. The first-order valence-electron chi connectivity index (χ1n) is 11.9. The Morgan fingerprint density at radius 3 is 1.84 bits per heavy atom. The summed E-state index contributed by atoms with van der Waals surface area (Å²) in [5, 5.41) is 0. The van der Waals surface area contributed by atoms with Crippen LogP contribution >= 0.6 is 15.9 Å². The molecule has 0 amide bonds. The Morgan fingerprint density at radius 2 is 1.34 bits per heavy atom. The number of aliphatic imine (C=N–C) groups is 1. The van der Waals surface area contributed by atoms with Crippen molar-refractivity contribution in [2.75, 3.05) is 7.11 Å². The number of rotatable bonds is 9. The molecule has 4 rings (SSSR count). The highest BCUT2D eigenvalue weighted by molar-refractivity contribution is 9.10. The summed E-state index contributed by atoms with van der Waals surface area (Å²) in [5.74, 6) is -0.672. The summed E-state index contributed by atoms with van der Waals surface area (Å²) < 4.78 is 35.7. The van der Waals surface area contributed by atoms with Gasteiger partial charge in [0.1, 0.15) is 0 Å². The fourth-order valence-corrected chi connectivity index (χ4v) is 5.46. The fourth-order valence-electron chi connectivity index (χ4n) is 3.97. The number of nitrogens with one attached hydrogen (secondary N) is 1. The molecule has 4 aromatic carbocycles. The number of methoxy groups -OCH3 is 1. The second-order valence-electron chi connectivity index (χ2n) is 8.64. The van der Waals surface area contributed by atoms with Crippen molar-refractivity contribution in [2.45, 2.75) is 23.9 Å². The highest BCUT2D eigenvalue weighted by Crippen LogP contribution is 2.27. The van der Waals surface area contributed by atoms with Crippen molar-refractivity contribution in [3.05, 3.63) is 136 Å². The number of aryl methyl sites for hydroxylation is 1. The highest BCUT2D eigenvalue weighted by atomic mass is 79.9. The largest absolute Gasteiger partial charge is 0.467 e. The molecule has 6 nitrogen and oxygen atoms in total. The Hall–Kier alpha value is -3.59. The number of sulfonamides is 1. The number of carbonyl (C=O) groups excluding carboxylic acids is 1. The average molecular weight is 592 g/mol. The molecule has 0 aliphatic heterocycles. The van der Waals surface area contributed by atoms with Gasteiger partial charge in [-0.05, 0) is 36.8 Å². The molecular weight excluding hydrogens is 564 g/mol. The summed E-state index contributed by atoms with van der Waals surface area (Å²) in [5.41, 5.74) is 3.59. The van der Waals surface area contributed by atoms with Crippen LogP contribution in [0.2, 0.25) is 0 Å². The van der Waals surface area contributed by atoms with Crippen LogP contribution in [0.25, 0.3) is 0 Å². The van der Waals surface area contributed by atoms with Crippen LogP contribution in [-0.2, 0) is 19.6 Å². The summed E-state index contributed by atoms with van der Waals surface area (Å²) in [4.78, 5) is 18.3. The molecule has 0 saturated heterocycles. The molecule has 8 heteroatoms. The Labute approximate surface area is 231 Å². The van der Waals surface area contributed by atoms with E-state index in [1.165, 1.54) is 19.2 Å². The molecule has 0 unspecified atom stereocenters. The second-order valence-corrected chi connectivity index (χ2v) is 11.3. The summed E-state index contributed by atoms with van der Waals surface area (Å²) in [6, 6.07) is 30.2. The lowest BCUT2D eigenvalue weighted by Crippen LogP contribution is -2.40. The first kappa shape index (κ1) is 27.4. The fraction of sp³-hybridized carbons (Fsp3) is 0.133. The van der Waals surface area contributed by atoms with Crippen LogP contribution in [-0.4, -0.2) is 33.3 Å². The van der Waals surface area contributed by atoms with E-state index in [2.05, 4.69) is 20.7 Å². The van der Waals surface area contributed by atoms with Crippen LogP contribution in [0.4, 0.5) is 0 Å². The predicted molar refractivity (Wildman–Crippen MR) is 153 cm³/mol. The van der Waals surface area contributed by atoms with Crippen molar-refractivity contribution >= 4 is 37.6 Å². The summed E-state index contributed by atoms with van der Waals surface area (Å²) in [6.45, 7) is 1.88. The lowest BCUT2D eigenvalue weighted by molar-refractivity contribution is -0.142. The summed E-state index contributed by atoms with van der Waals surface area (Å²) >= 11 is 3.42. The molecule has 38 heavy (non-hydrogen) atoms. The van der Waals surface area contributed by atoms with E-state index in [4.69, 9.17) is 9.73 Å². The Morgan fingerprint density at radius 1 is 0.816 bits per heavy atom. The van der Waals surface area contributed by atoms with Crippen LogP contribution in [0.15, 0.2) is 124 Å². The Bertz CT molecular complexity index is 1470. The topological polar surface area (TPSA) is 84.8 Å². The van der Waals surface area contributed by atoms with Crippen molar-refractivity contribution in [3.8, 4) is 0 Å². The molecule has 4 aromatic rings. The summed E-state index contributed by atoms with van der Waals surface area (Å²) in [6.07, 6.45) is 0. The lowest BCUT2D eigenvalue weighted by Gasteiger charge is -2.25. The first-order valence-corrected chi connectivity index (χ1v) is 14.2. The molecule has 0 aliphatic carbocycles. The minimum atomic E-state index is -4.03. The van der Waals surface area contributed by atoms with Gasteiger partial charge in [0.05, 0.1) is 23.8 Å². The van der Waals surface area contributed by atoms with Gasteiger partial charge < -0.3 is 4.74 Å². The molecule has 0 heterocycles. The van der Waals surface area contributed by atoms with Crippen LogP contribution in [0, 0.1) is 6.92 Å². The SMILES string of the molecule is COC(=O)[C@@H](N=C(c1ccccc1)c1ccccc1)[C@@H](NS(=O)(=O)c1ccc(C)cc1)c1ccc(Br)cc1. The molecule has 194 valence electrons. The Balaban J connectivity index is 1.89. The number of hydrogen-bond acceptors (Lipinski definition) is 5. The van der Waals surface area contributed by atoms with Gasteiger partial charge in [-0.2, -0.15) is 0 Å². The van der Waals surface area contributed by atoms with Crippen molar-refractivity contribution < 1.29 is 17.9 Å². The molecule has 1 N–H and O–H groups in total. The first-order chi connectivity index (χ1) is 18.3. The van der Waals surface area contributed by atoms with Crippen molar-refractivity contribution in [1.29, 1.82) is 0 Å². The van der Waals surface area contributed by atoms with E-state index in [1.54, 1.807) is 36.4 Å². The van der Waals surface area contributed by atoms with E-state index < -0.39 is 28.1 Å². The maximum atomic E-state index is 13.5. The molecule has 0 aromatic heterocycles. The zero-order valence-corrected chi connectivity index (χ0v) is 23.3. The van der Waals surface area contributed by atoms with Gasteiger partial charge in [0.25, 0.3) is 0 Å². The number of benzene rings is 4. The molecular formula is C30H27BrN2O4S. The highest BCUT2D eigenvalue weighted by Gasteiger charge is 2.35. The zero-order chi connectivity index (χ0) is 27.1. The minimum Gasteiger partial charge on any atom is -0.467 e. The number of nitrogens with zero attached hydrogens (tertiary/aromatic N) is 1. The van der Waals surface area contributed by atoms with Crippen LogP contribution in [0.1, 0.15) is 28.3 Å². The molecule has 0 saturated carbocycles. The molecule has 0 aliphatic rings. The van der Waals surface area contributed by atoms with Gasteiger partial charge in [0.2, 0.25) is 10.0 Å². The van der Waals surface area contributed by atoms with Crippen LogP contribution in [0.3, 0.4) is 0 Å². The van der Waals surface area contributed by atoms with Crippen molar-refractivity contribution in [1.82, 2.24) is 4.72 Å². The average Bonchev–Trinajstić information content (AvgIpc) is 2.94. The minimum absolute atomic E-state index is 0.0872. The van der Waals surface area contributed by atoms with Gasteiger partial charge in [-0.3, -0.25) is 4.99 Å². The van der Waals surface area contributed by atoms with Crippen molar-refractivity contribution in [3.63, 3.8) is 0 Å². The molecule has 0 fully saturated rings. The van der Waals surface area contributed by atoms with E-state index in [-0.39, 0.29) is 4.90 Å². The predicted octanol–water partition coefficient (Wildman–Crippen LogP) is 5.86. The third-order valence-corrected chi connectivity index (χ3v) is 7.95. The molecule has 0 spiro atoms. The van der Waals surface area contributed by atoms with E-state index in [1.807, 2.05) is 67.6 Å². The van der Waals surface area contributed by atoms with E-state index in [0.717, 1.165) is 21.2 Å². The zero-order valence-electron chi connectivity index (χ0n) is 20.9. The number of halogens is 1. The smallest absolute Gasteiger partial charge is 0.332 e. The normalized spacial score (nSPS) is 12.8. The van der Waals surface area contributed by atoms with Gasteiger partial charge in [0, 0.05) is 15.6 Å². The van der Waals surface area contributed by atoms with Gasteiger partial charge in [0.15, 0.2) is 6.04 Å². The van der Waals surface area contributed by atoms with Crippen LogP contribution < -0.4 is 4.72 Å². The summed E-state index contributed by atoms with van der Waals surface area (Å²) in [7, 11) is -2.76. The maximum absolute atomic E-state index is 13.5. The maximum Gasteiger partial charge on any atom is 0.332 e. The monoisotopic (exact) mass is 590 g/mol. The van der Waals surface area contributed by atoms with Gasteiger partial charge >= 0.3 is 5.97 Å². The lowest BCUT2D eigenvalue weighted by atomic mass is 9.98. The number of esters is 1. The van der Waals surface area contributed by atoms with E-state index in [9.17, 15) is 13.2 Å². The second kappa shape index (κ2) is 12.3. The van der Waals surface area contributed by atoms with E-state index in [0.29, 0.717) is 11.3 Å². The number of hydrogen-bond donors (Lipinski definition) is 1. The van der Waals surface area contributed by atoms with Gasteiger partial charge in [-0.15, -0.1) is 0 Å². The standard InChI is InChI=1S/C30H27BrN2O4S/c1-21-13-19-26(20-14-21)38(35,36)33-28(24-15-17-25(31)18-16-24)29(30(34)37-2)32-27(22-9-5-3-6-10-22)23-11-7-4-8-12-23/h3-20,28-29,33H,1-2H3/t28-,29-/m0/s1. The quantitative estimate of drug-likeness (QED) is 0.195. The molecule has 2 atom stereocenters. The third kappa shape index (κ3) is 6.64. The number of ether oxygens (including phenoxy) is 1. The van der Waals surface area contributed by atoms with Gasteiger partial charge in [-0.25, -0.2) is 17.9 Å². The number of carbonyl (C=O) groups is 1. The molecule has 0 bridgehead atoms. The van der Waals surface area contributed by atoms with Crippen LogP contribution in [0.5, 0.6) is 0 Å². The van der Waals surface area contributed by atoms with Crippen molar-refractivity contribution in [2.24, 2.45) is 4.99 Å². The van der Waals surface area contributed by atoms with E-state index >= 15 is 0 Å². The third-order valence-electron chi connectivity index (χ3n) is 5.96.